The molecule has 1 aliphatic heterocycles. The van der Waals surface area contributed by atoms with Crippen LogP contribution in [0.1, 0.15) is 35.2 Å². The molecule has 0 radical (unpaired) electrons. The number of carbonyl (C=O) groups is 2. The van der Waals surface area contributed by atoms with Crippen LogP contribution in [0.5, 0.6) is 11.5 Å². The van der Waals surface area contributed by atoms with Crippen molar-refractivity contribution in [2.75, 3.05) is 6.54 Å². The van der Waals surface area contributed by atoms with Gasteiger partial charge >= 0.3 is 0 Å². The Morgan fingerprint density at radius 1 is 1.19 bits per heavy atom. The van der Waals surface area contributed by atoms with Gasteiger partial charge in [-0.05, 0) is 30.5 Å². The topological polar surface area (TPSA) is 87.7 Å². The average Bonchev–Trinajstić information content (AvgIpc) is 2.85. The second-order valence-electron chi connectivity index (χ2n) is 6.34. The van der Waals surface area contributed by atoms with Crippen LogP contribution in [0.3, 0.4) is 0 Å². The molecule has 0 spiro atoms. The zero-order chi connectivity index (χ0) is 18.4. The normalized spacial score (nSPS) is 17.1. The summed E-state index contributed by atoms with van der Waals surface area (Å²) < 4.78 is 5.69. The van der Waals surface area contributed by atoms with Crippen LogP contribution in [0, 0.1) is 0 Å². The summed E-state index contributed by atoms with van der Waals surface area (Å²) in [6, 6.07) is 14.1. The summed E-state index contributed by atoms with van der Waals surface area (Å²) in [6.07, 6.45) is 1.69. The quantitative estimate of drug-likeness (QED) is 0.769. The van der Waals surface area contributed by atoms with Crippen molar-refractivity contribution in [3.63, 3.8) is 0 Å². The number of ether oxygens (including phenoxy) is 1. The number of rotatable bonds is 5. The molecule has 136 valence electrons. The van der Waals surface area contributed by atoms with Crippen molar-refractivity contribution >= 4 is 11.8 Å². The Hall–Kier alpha value is -3.02. The van der Waals surface area contributed by atoms with Crippen LogP contribution < -0.4 is 15.4 Å². The molecular weight excluding hydrogens is 332 g/mol. The highest BCUT2D eigenvalue weighted by Gasteiger charge is 2.19. The van der Waals surface area contributed by atoms with Gasteiger partial charge < -0.3 is 20.5 Å². The zero-order valence-corrected chi connectivity index (χ0v) is 14.4. The van der Waals surface area contributed by atoms with Gasteiger partial charge in [-0.1, -0.05) is 30.3 Å². The third kappa shape index (κ3) is 4.99. The monoisotopic (exact) mass is 354 g/mol. The first-order valence-corrected chi connectivity index (χ1v) is 8.68. The summed E-state index contributed by atoms with van der Waals surface area (Å²) in [5.74, 6) is 0.121. The van der Waals surface area contributed by atoms with E-state index in [1.54, 1.807) is 6.07 Å². The first-order chi connectivity index (χ1) is 12.6. The smallest absolute Gasteiger partial charge is 0.251 e. The standard InChI is InChI=1S/C20H22N2O4/c23-17-10-15(20(25)22-16-6-7-19(24)21-9-8-16)11-18(12-17)26-13-14-4-2-1-3-5-14/h1-5,10-12,16,23H,6-9,13H2,(H,21,24)(H,22,25). The van der Waals surface area contributed by atoms with E-state index in [4.69, 9.17) is 4.74 Å². The van der Waals surface area contributed by atoms with Crippen LogP contribution in [0.15, 0.2) is 48.5 Å². The van der Waals surface area contributed by atoms with Crippen LogP contribution in [0.4, 0.5) is 0 Å². The number of phenolic OH excluding ortho intramolecular Hbond substituents is 1. The molecule has 1 fully saturated rings. The molecule has 3 rings (SSSR count). The van der Waals surface area contributed by atoms with Crippen LogP contribution in [0.25, 0.3) is 0 Å². The van der Waals surface area contributed by atoms with Crippen molar-refractivity contribution in [3.8, 4) is 11.5 Å². The molecule has 0 aromatic heterocycles. The molecule has 1 heterocycles. The predicted octanol–water partition coefficient (Wildman–Crippen LogP) is 2.37. The fourth-order valence-corrected chi connectivity index (χ4v) is 2.88. The Balaban J connectivity index is 1.64. The molecule has 2 aromatic carbocycles. The summed E-state index contributed by atoms with van der Waals surface area (Å²) in [6.45, 7) is 0.900. The second-order valence-corrected chi connectivity index (χ2v) is 6.34. The number of benzene rings is 2. The van der Waals surface area contributed by atoms with Crippen molar-refractivity contribution in [1.82, 2.24) is 10.6 Å². The Kier molecular flexibility index (Phi) is 5.73. The van der Waals surface area contributed by atoms with Crippen LogP contribution in [-0.4, -0.2) is 29.5 Å². The molecule has 6 nitrogen and oxygen atoms in total. The molecule has 1 aliphatic rings. The van der Waals surface area contributed by atoms with Gasteiger partial charge in [-0.25, -0.2) is 0 Å². The fourth-order valence-electron chi connectivity index (χ4n) is 2.88. The SMILES string of the molecule is O=C1CCC(NC(=O)c2cc(O)cc(OCc3ccccc3)c2)CCN1. The van der Waals surface area contributed by atoms with Crippen molar-refractivity contribution in [3.05, 3.63) is 59.7 Å². The van der Waals surface area contributed by atoms with Gasteiger partial charge in [-0.2, -0.15) is 0 Å². The van der Waals surface area contributed by atoms with Gasteiger partial charge in [-0.15, -0.1) is 0 Å². The molecule has 6 heteroatoms. The zero-order valence-electron chi connectivity index (χ0n) is 14.4. The van der Waals surface area contributed by atoms with Gasteiger partial charge in [0.15, 0.2) is 0 Å². The lowest BCUT2D eigenvalue weighted by atomic mass is 10.1. The van der Waals surface area contributed by atoms with E-state index in [9.17, 15) is 14.7 Å². The third-order valence-corrected chi connectivity index (χ3v) is 4.27. The van der Waals surface area contributed by atoms with Crippen LogP contribution in [0.2, 0.25) is 0 Å². The summed E-state index contributed by atoms with van der Waals surface area (Å²) >= 11 is 0. The highest BCUT2D eigenvalue weighted by atomic mass is 16.5. The summed E-state index contributed by atoms with van der Waals surface area (Å²) in [5.41, 5.74) is 1.33. The van der Waals surface area contributed by atoms with Crippen LogP contribution >= 0.6 is 0 Å². The van der Waals surface area contributed by atoms with Gasteiger partial charge in [0, 0.05) is 30.6 Å². The van der Waals surface area contributed by atoms with Gasteiger partial charge in [0.2, 0.25) is 5.91 Å². The fraction of sp³-hybridized carbons (Fsp3) is 0.300. The summed E-state index contributed by atoms with van der Waals surface area (Å²) in [7, 11) is 0. The molecule has 0 saturated carbocycles. The number of hydrogen-bond donors (Lipinski definition) is 3. The minimum absolute atomic E-state index is 0.00991. The van der Waals surface area contributed by atoms with Crippen molar-refractivity contribution in [2.24, 2.45) is 0 Å². The maximum absolute atomic E-state index is 12.5. The number of nitrogens with one attached hydrogen (secondary N) is 2. The minimum Gasteiger partial charge on any atom is -0.508 e. The minimum atomic E-state index is -0.287. The molecule has 1 atom stereocenters. The number of phenols is 1. The van der Waals surface area contributed by atoms with E-state index in [1.807, 2.05) is 30.3 Å². The lowest BCUT2D eigenvalue weighted by Gasteiger charge is -2.16. The largest absolute Gasteiger partial charge is 0.508 e. The Morgan fingerprint density at radius 2 is 2.00 bits per heavy atom. The van der Waals surface area contributed by atoms with Gasteiger partial charge in [0.25, 0.3) is 5.91 Å². The molecule has 1 unspecified atom stereocenters. The van der Waals surface area contributed by atoms with E-state index in [0.717, 1.165) is 5.56 Å². The lowest BCUT2D eigenvalue weighted by Crippen LogP contribution is -2.35. The van der Waals surface area contributed by atoms with E-state index in [1.165, 1.54) is 12.1 Å². The highest BCUT2D eigenvalue weighted by molar-refractivity contribution is 5.95. The van der Waals surface area contributed by atoms with Gasteiger partial charge in [0.05, 0.1) is 0 Å². The van der Waals surface area contributed by atoms with Gasteiger partial charge in [-0.3, -0.25) is 9.59 Å². The maximum atomic E-state index is 12.5. The van der Waals surface area contributed by atoms with Gasteiger partial charge in [0.1, 0.15) is 18.1 Å². The number of amides is 2. The van der Waals surface area contributed by atoms with E-state index < -0.39 is 0 Å². The molecule has 0 aliphatic carbocycles. The van der Waals surface area contributed by atoms with E-state index >= 15 is 0 Å². The summed E-state index contributed by atoms with van der Waals surface area (Å²) in [4.78, 5) is 23.9. The Morgan fingerprint density at radius 3 is 2.81 bits per heavy atom. The van der Waals surface area contributed by atoms with Crippen molar-refractivity contribution in [1.29, 1.82) is 0 Å². The van der Waals surface area contributed by atoms with Crippen LogP contribution in [-0.2, 0) is 11.4 Å². The number of hydrogen-bond acceptors (Lipinski definition) is 4. The maximum Gasteiger partial charge on any atom is 0.251 e. The molecule has 3 N–H and O–H groups in total. The second kappa shape index (κ2) is 8.38. The molecule has 0 bridgehead atoms. The lowest BCUT2D eigenvalue weighted by molar-refractivity contribution is -0.120. The first kappa shape index (κ1) is 17.8. The van der Waals surface area contributed by atoms with E-state index in [-0.39, 0.29) is 23.6 Å². The van der Waals surface area contributed by atoms with E-state index in [2.05, 4.69) is 10.6 Å². The Labute approximate surface area is 152 Å². The molecular formula is C20H22N2O4. The average molecular weight is 354 g/mol. The number of aromatic hydroxyl groups is 1. The van der Waals surface area contributed by atoms with Crippen molar-refractivity contribution < 1.29 is 19.4 Å². The summed E-state index contributed by atoms with van der Waals surface area (Å²) in [5, 5.41) is 15.6. The predicted molar refractivity (Wildman–Crippen MR) is 97.0 cm³/mol. The first-order valence-electron chi connectivity index (χ1n) is 8.68. The van der Waals surface area contributed by atoms with E-state index in [0.29, 0.717) is 43.7 Å². The molecule has 1 saturated heterocycles. The third-order valence-electron chi connectivity index (χ3n) is 4.27. The highest BCUT2D eigenvalue weighted by Crippen LogP contribution is 2.23. The molecule has 2 aromatic rings. The molecule has 26 heavy (non-hydrogen) atoms. The Bertz CT molecular complexity index is 777. The van der Waals surface area contributed by atoms with Crippen molar-refractivity contribution in [2.45, 2.75) is 31.9 Å². The number of carbonyl (C=O) groups excluding carboxylic acids is 2. The molecule has 2 amide bonds.